The molecule has 5 nitrogen and oxygen atoms in total. The van der Waals surface area contributed by atoms with Crippen molar-refractivity contribution in [3.8, 4) is 11.5 Å². The molecule has 2 atom stereocenters. The normalized spacial score (nSPS) is 22.1. The van der Waals surface area contributed by atoms with E-state index in [9.17, 15) is 4.79 Å². The molecule has 2 aromatic rings. The molecule has 2 aliphatic heterocycles. The number of fused-ring (bicyclic) bond motifs is 1. The van der Waals surface area contributed by atoms with Crippen molar-refractivity contribution in [2.75, 3.05) is 19.8 Å². The first kappa shape index (κ1) is 18.9. The zero-order chi connectivity index (χ0) is 19.5. The number of amides is 1. The molecule has 4 rings (SSSR count). The number of carbonyl (C=O) groups is 1. The van der Waals surface area contributed by atoms with Gasteiger partial charge in [-0.25, -0.2) is 0 Å². The minimum atomic E-state index is -0.134. The van der Waals surface area contributed by atoms with Gasteiger partial charge in [-0.05, 0) is 62.1 Å². The standard InChI is InChI=1S/C23H30N2O3/c1-3-27-19-10-11-22-17(15-19)14-18(16-28-22)23(26)25-13-6-4-5-8-21(25)20-9-7-12-24(20)2/h7,9-12,15,18,21H,3-6,8,13-14,16H2,1-2H3. The van der Waals surface area contributed by atoms with Crippen molar-refractivity contribution in [2.24, 2.45) is 13.0 Å². The Bertz CT molecular complexity index is 829. The number of carbonyl (C=O) groups excluding carboxylic acids is 1. The molecule has 0 bridgehead atoms. The van der Waals surface area contributed by atoms with E-state index in [-0.39, 0.29) is 17.9 Å². The lowest BCUT2D eigenvalue weighted by molar-refractivity contribution is -0.139. The first-order valence-corrected chi connectivity index (χ1v) is 10.5. The number of hydrogen-bond acceptors (Lipinski definition) is 3. The van der Waals surface area contributed by atoms with Crippen LogP contribution >= 0.6 is 0 Å². The average Bonchev–Trinajstić information content (AvgIpc) is 2.99. The molecular weight excluding hydrogens is 352 g/mol. The Labute approximate surface area is 167 Å². The highest BCUT2D eigenvalue weighted by Gasteiger charge is 2.35. The van der Waals surface area contributed by atoms with E-state index in [0.29, 0.717) is 19.6 Å². The number of aromatic nitrogens is 1. The number of benzene rings is 1. The molecule has 1 aromatic heterocycles. The minimum Gasteiger partial charge on any atom is -0.494 e. The molecule has 1 aromatic carbocycles. The maximum absolute atomic E-state index is 13.5. The van der Waals surface area contributed by atoms with E-state index >= 15 is 0 Å². The summed E-state index contributed by atoms with van der Waals surface area (Å²) in [6.07, 6.45) is 7.24. The maximum Gasteiger partial charge on any atom is 0.230 e. The van der Waals surface area contributed by atoms with Gasteiger partial charge >= 0.3 is 0 Å². The van der Waals surface area contributed by atoms with E-state index in [1.165, 1.54) is 18.5 Å². The van der Waals surface area contributed by atoms with Crippen LogP contribution in [0.15, 0.2) is 36.5 Å². The van der Waals surface area contributed by atoms with Gasteiger partial charge in [0.25, 0.3) is 0 Å². The summed E-state index contributed by atoms with van der Waals surface area (Å²) in [6.45, 7) is 3.90. The SMILES string of the molecule is CCOc1ccc2c(c1)CC(C(=O)N1CCCCCC1c1cccn1C)CO2. The highest BCUT2D eigenvalue weighted by molar-refractivity contribution is 5.80. The average molecular weight is 383 g/mol. The van der Waals surface area contributed by atoms with E-state index in [1.54, 1.807) is 0 Å². The number of ether oxygens (including phenoxy) is 2. The van der Waals surface area contributed by atoms with E-state index in [2.05, 4.69) is 34.8 Å². The second-order valence-electron chi connectivity index (χ2n) is 7.86. The second-order valence-corrected chi connectivity index (χ2v) is 7.86. The summed E-state index contributed by atoms with van der Waals surface area (Å²) in [5, 5.41) is 0. The number of hydrogen-bond donors (Lipinski definition) is 0. The summed E-state index contributed by atoms with van der Waals surface area (Å²) in [7, 11) is 2.07. The fraction of sp³-hybridized carbons (Fsp3) is 0.522. The van der Waals surface area contributed by atoms with Crippen molar-refractivity contribution in [1.82, 2.24) is 9.47 Å². The number of rotatable bonds is 4. The zero-order valence-corrected chi connectivity index (χ0v) is 16.9. The largest absolute Gasteiger partial charge is 0.494 e. The molecule has 1 amide bonds. The van der Waals surface area contributed by atoms with Crippen LogP contribution in [0.1, 0.15) is 49.9 Å². The third-order valence-electron chi connectivity index (χ3n) is 5.96. The van der Waals surface area contributed by atoms with Gasteiger partial charge < -0.3 is 18.9 Å². The van der Waals surface area contributed by atoms with Crippen molar-refractivity contribution in [3.05, 3.63) is 47.8 Å². The highest BCUT2D eigenvalue weighted by Crippen LogP contribution is 2.35. The molecule has 0 radical (unpaired) electrons. The summed E-state index contributed by atoms with van der Waals surface area (Å²) in [4.78, 5) is 15.7. The highest BCUT2D eigenvalue weighted by atomic mass is 16.5. The lowest BCUT2D eigenvalue weighted by Gasteiger charge is -2.35. The summed E-state index contributed by atoms with van der Waals surface area (Å²) in [6, 6.07) is 10.3. The lowest BCUT2D eigenvalue weighted by Crippen LogP contribution is -2.43. The molecule has 2 aliphatic rings. The predicted molar refractivity (Wildman–Crippen MR) is 109 cm³/mol. The van der Waals surface area contributed by atoms with E-state index < -0.39 is 0 Å². The zero-order valence-electron chi connectivity index (χ0n) is 16.9. The van der Waals surface area contributed by atoms with Gasteiger partial charge in [-0.2, -0.15) is 0 Å². The summed E-state index contributed by atoms with van der Waals surface area (Å²) < 4.78 is 13.7. The van der Waals surface area contributed by atoms with Crippen molar-refractivity contribution >= 4 is 5.91 Å². The molecule has 3 heterocycles. The van der Waals surface area contributed by atoms with Crippen LogP contribution in [0.3, 0.4) is 0 Å². The summed E-state index contributed by atoms with van der Waals surface area (Å²) in [5.41, 5.74) is 2.30. The number of likely N-dealkylation sites (tertiary alicyclic amines) is 1. The third-order valence-corrected chi connectivity index (χ3v) is 5.96. The molecule has 1 fully saturated rings. The van der Waals surface area contributed by atoms with Gasteiger partial charge in [0.1, 0.15) is 18.1 Å². The Morgan fingerprint density at radius 2 is 2.14 bits per heavy atom. The summed E-state index contributed by atoms with van der Waals surface area (Å²) in [5.74, 6) is 1.81. The Balaban J connectivity index is 1.55. The van der Waals surface area contributed by atoms with Crippen LogP contribution < -0.4 is 9.47 Å². The van der Waals surface area contributed by atoms with Crippen LogP contribution in [0, 0.1) is 5.92 Å². The van der Waals surface area contributed by atoms with Crippen LogP contribution in [-0.4, -0.2) is 35.1 Å². The van der Waals surface area contributed by atoms with Crippen LogP contribution in [0.2, 0.25) is 0 Å². The fourth-order valence-corrected chi connectivity index (χ4v) is 4.52. The lowest BCUT2D eigenvalue weighted by atomic mass is 9.94. The Kier molecular flexibility index (Phi) is 5.60. The Morgan fingerprint density at radius 3 is 2.93 bits per heavy atom. The molecule has 1 saturated heterocycles. The molecule has 150 valence electrons. The molecular formula is C23H30N2O3. The van der Waals surface area contributed by atoms with E-state index in [1.807, 2.05) is 25.1 Å². The smallest absolute Gasteiger partial charge is 0.230 e. The maximum atomic E-state index is 13.5. The van der Waals surface area contributed by atoms with Crippen molar-refractivity contribution in [2.45, 2.75) is 45.1 Å². The van der Waals surface area contributed by atoms with Crippen molar-refractivity contribution < 1.29 is 14.3 Å². The molecule has 5 heteroatoms. The fourth-order valence-electron chi connectivity index (χ4n) is 4.52. The molecule has 0 aliphatic carbocycles. The van der Waals surface area contributed by atoms with Crippen LogP contribution in [0.4, 0.5) is 0 Å². The first-order chi connectivity index (χ1) is 13.7. The second kappa shape index (κ2) is 8.29. The molecule has 2 unspecified atom stereocenters. The van der Waals surface area contributed by atoms with Gasteiger partial charge in [0, 0.05) is 25.5 Å². The first-order valence-electron chi connectivity index (χ1n) is 10.5. The van der Waals surface area contributed by atoms with Crippen LogP contribution in [0.25, 0.3) is 0 Å². The Morgan fingerprint density at radius 1 is 1.25 bits per heavy atom. The summed E-state index contributed by atoms with van der Waals surface area (Å²) >= 11 is 0. The molecule has 0 N–H and O–H groups in total. The van der Waals surface area contributed by atoms with Gasteiger partial charge in [-0.1, -0.05) is 12.8 Å². The van der Waals surface area contributed by atoms with Gasteiger partial charge in [0.05, 0.1) is 18.6 Å². The van der Waals surface area contributed by atoms with E-state index in [0.717, 1.165) is 36.4 Å². The minimum absolute atomic E-state index is 0.134. The van der Waals surface area contributed by atoms with Crippen molar-refractivity contribution in [1.29, 1.82) is 0 Å². The monoisotopic (exact) mass is 382 g/mol. The topological polar surface area (TPSA) is 43.7 Å². The quantitative estimate of drug-likeness (QED) is 0.799. The van der Waals surface area contributed by atoms with Gasteiger partial charge in [0.15, 0.2) is 0 Å². The number of nitrogens with zero attached hydrogens (tertiary/aromatic N) is 2. The Hall–Kier alpha value is -2.43. The molecule has 0 saturated carbocycles. The van der Waals surface area contributed by atoms with Crippen molar-refractivity contribution in [3.63, 3.8) is 0 Å². The molecule has 0 spiro atoms. The van der Waals surface area contributed by atoms with Crippen LogP contribution in [-0.2, 0) is 18.3 Å². The van der Waals surface area contributed by atoms with Crippen LogP contribution in [0.5, 0.6) is 11.5 Å². The molecule has 28 heavy (non-hydrogen) atoms. The predicted octanol–water partition coefficient (Wildman–Crippen LogP) is 4.12. The van der Waals surface area contributed by atoms with Gasteiger partial charge in [0.2, 0.25) is 5.91 Å². The third kappa shape index (κ3) is 3.75. The van der Waals surface area contributed by atoms with Gasteiger partial charge in [-0.15, -0.1) is 0 Å². The van der Waals surface area contributed by atoms with E-state index in [4.69, 9.17) is 9.47 Å². The number of aryl methyl sites for hydroxylation is 1. The van der Waals surface area contributed by atoms with Gasteiger partial charge in [-0.3, -0.25) is 4.79 Å².